The smallest absolute Gasteiger partial charge is 0.217 e. The first kappa shape index (κ1) is 11.4. The Balaban J connectivity index is 1.79. The minimum atomic E-state index is 0.377. The molecule has 0 aliphatic heterocycles. The van der Waals surface area contributed by atoms with Gasteiger partial charge >= 0.3 is 0 Å². The molecule has 1 aliphatic rings. The number of nitrogens with one attached hydrogen (secondary N) is 1. The van der Waals surface area contributed by atoms with E-state index in [1.807, 2.05) is 12.1 Å². The Morgan fingerprint density at radius 3 is 3.00 bits per heavy atom. The third-order valence-corrected chi connectivity index (χ3v) is 2.86. The van der Waals surface area contributed by atoms with Gasteiger partial charge in [0, 0.05) is 11.8 Å². The quantitative estimate of drug-likeness (QED) is 0.774. The van der Waals surface area contributed by atoms with Crippen LogP contribution in [0, 0.1) is 0 Å². The van der Waals surface area contributed by atoms with Crippen molar-refractivity contribution in [1.29, 1.82) is 0 Å². The summed E-state index contributed by atoms with van der Waals surface area (Å²) < 4.78 is 5.16. The summed E-state index contributed by atoms with van der Waals surface area (Å²) in [5.41, 5.74) is 4.01. The highest BCUT2D eigenvalue weighted by atomic mass is 16.7. The van der Waals surface area contributed by atoms with E-state index in [9.17, 15) is 0 Å². The maximum atomic E-state index is 5.57. The van der Waals surface area contributed by atoms with Crippen LogP contribution in [0.5, 0.6) is 5.88 Å². The number of rotatable bonds is 5. The number of hydroxylamine groups is 1. The van der Waals surface area contributed by atoms with Crippen LogP contribution in [0.15, 0.2) is 18.3 Å². The van der Waals surface area contributed by atoms with Crippen LogP contribution < -0.4 is 10.2 Å². The first-order valence-corrected chi connectivity index (χ1v) is 5.76. The van der Waals surface area contributed by atoms with Gasteiger partial charge in [-0.15, -0.1) is 0 Å². The molecule has 0 spiro atoms. The number of hydrogen-bond donors (Lipinski definition) is 1. The van der Waals surface area contributed by atoms with Crippen molar-refractivity contribution >= 4 is 0 Å². The Morgan fingerprint density at radius 2 is 2.25 bits per heavy atom. The zero-order valence-electron chi connectivity index (χ0n) is 9.61. The summed E-state index contributed by atoms with van der Waals surface area (Å²) in [7, 11) is 1.63. The summed E-state index contributed by atoms with van der Waals surface area (Å²) in [5.74, 6) is 0.657. The highest BCUT2D eigenvalue weighted by Gasteiger charge is 2.15. The van der Waals surface area contributed by atoms with Crippen LogP contribution in [0.1, 0.15) is 31.2 Å². The third-order valence-electron chi connectivity index (χ3n) is 2.86. The number of methoxy groups -OCH3 is 1. The molecule has 16 heavy (non-hydrogen) atoms. The van der Waals surface area contributed by atoms with Crippen molar-refractivity contribution in [2.24, 2.45) is 0 Å². The van der Waals surface area contributed by atoms with Crippen LogP contribution in [0.3, 0.4) is 0 Å². The van der Waals surface area contributed by atoms with Crippen molar-refractivity contribution in [2.45, 2.75) is 38.3 Å². The molecule has 0 bridgehead atoms. The number of pyridine rings is 1. The standard InChI is InChI=1S/C12H18N2O2/c1-15-12-10(5-4-8-13-12)9-14-16-11-6-2-3-7-11/h4-5,8,11,14H,2-3,6-7,9H2,1H3. The van der Waals surface area contributed by atoms with Gasteiger partial charge in [-0.3, -0.25) is 4.84 Å². The molecule has 0 unspecified atom stereocenters. The second kappa shape index (κ2) is 5.82. The van der Waals surface area contributed by atoms with Crippen LogP contribution in [-0.4, -0.2) is 18.2 Å². The van der Waals surface area contributed by atoms with Gasteiger partial charge in [0.2, 0.25) is 5.88 Å². The molecule has 1 saturated carbocycles. The fourth-order valence-electron chi connectivity index (χ4n) is 1.99. The molecule has 4 heteroatoms. The molecule has 1 aromatic heterocycles. The normalized spacial score (nSPS) is 16.6. The van der Waals surface area contributed by atoms with Gasteiger partial charge in [0.15, 0.2) is 0 Å². The van der Waals surface area contributed by atoms with Crippen LogP contribution in [0.4, 0.5) is 0 Å². The van der Waals surface area contributed by atoms with E-state index in [2.05, 4.69) is 10.5 Å². The maximum Gasteiger partial charge on any atom is 0.217 e. The van der Waals surface area contributed by atoms with Gasteiger partial charge in [0.1, 0.15) is 0 Å². The SMILES string of the molecule is COc1ncccc1CNOC1CCCC1. The van der Waals surface area contributed by atoms with E-state index >= 15 is 0 Å². The summed E-state index contributed by atoms with van der Waals surface area (Å²) in [6.07, 6.45) is 6.99. The van der Waals surface area contributed by atoms with Gasteiger partial charge < -0.3 is 4.74 Å². The maximum absolute atomic E-state index is 5.57. The number of aromatic nitrogens is 1. The molecule has 1 heterocycles. The fraction of sp³-hybridized carbons (Fsp3) is 0.583. The van der Waals surface area contributed by atoms with E-state index in [-0.39, 0.29) is 0 Å². The Kier molecular flexibility index (Phi) is 4.13. The molecule has 88 valence electrons. The number of nitrogens with zero attached hydrogens (tertiary/aromatic N) is 1. The predicted octanol–water partition coefficient (Wildman–Crippen LogP) is 2.05. The van der Waals surface area contributed by atoms with Gasteiger partial charge in [-0.25, -0.2) is 4.98 Å². The molecule has 4 nitrogen and oxygen atoms in total. The lowest BCUT2D eigenvalue weighted by Crippen LogP contribution is -2.21. The van der Waals surface area contributed by atoms with E-state index < -0.39 is 0 Å². The fourth-order valence-corrected chi connectivity index (χ4v) is 1.99. The molecule has 0 radical (unpaired) electrons. The lowest BCUT2D eigenvalue weighted by Gasteiger charge is -2.12. The van der Waals surface area contributed by atoms with Crippen molar-refractivity contribution in [3.05, 3.63) is 23.9 Å². The molecule has 0 atom stereocenters. The molecule has 0 amide bonds. The first-order chi connectivity index (χ1) is 7.90. The first-order valence-electron chi connectivity index (χ1n) is 5.76. The molecule has 0 saturated heterocycles. The van der Waals surface area contributed by atoms with Crippen LogP contribution >= 0.6 is 0 Å². The van der Waals surface area contributed by atoms with Gasteiger partial charge in [-0.05, 0) is 18.9 Å². The largest absolute Gasteiger partial charge is 0.481 e. The minimum absolute atomic E-state index is 0.377. The van der Waals surface area contributed by atoms with Gasteiger partial charge in [-0.1, -0.05) is 18.9 Å². The topological polar surface area (TPSA) is 43.4 Å². The summed E-state index contributed by atoms with van der Waals surface area (Å²) in [6, 6.07) is 3.88. The number of ether oxygens (including phenoxy) is 1. The van der Waals surface area contributed by atoms with Crippen LogP contribution in [0.25, 0.3) is 0 Å². The lowest BCUT2D eigenvalue weighted by molar-refractivity contribution is -0.0247. The Bertz CT molecular complexity index is 325. The predicted molar refractivity (Wildman–Crippen MR) is 61.0 cm³/mol. The van der Waals surface area contributed by atoms with E-state index in [1.54, 1.807) is 13.3 Å². The molecule has 1 N–H and O–H groups in total. The summed E-state index contributed by atoms with van der Waals surface area (Å²) in [4.78, 5) is 9.70. The molecule has 1 fully saturated rings. The highest BCUT2D eigenvalue weighted by molar-refractivity contribution is 5.24. The summed E-state index contributed by atoms with van der Waals surface area (Å²) >= 11 is 0. The van der Waals surface area contributed by atoms with E-state index in [0.29, 0.717) is 18.5 Å². The molecular formula is C12H18N2O2. The lowest BCUT2D eigenvalue weighted by atomic mass is 10.3. The monoisotopic (exact) mass is 222 g/mol. The molecule has 2 rings (SSSR count). The van der Waals surface area contributed by atoms with Crippen molar-refractivity contribution in [1.82, 2.24) is 10.5 Å². The van der Waals surface area contributed by atoms with Gasteiger partial charge in [-0.2, -0.15) is 5.48 Å². The van der Waals surface area contributed by atoms with Crippen LogP contribution in [0.2, 0.25) is 0 Å². The average Bonchev–Trinajstić information content (AvgIpc) is 2.83. The van der Waals surface area contributed by atoms with Crippen molar-refractivity contribution in [3.8, 4) is 5.88 Å². The van der Waals surface area contributed by atoms with Crippen molar-refractivity contribution < 1.29 is 9.57 Å². The molecule has 0 aromatic carbocycles. The summed E-state index contributed by atoms with van der Waals surface area (Å²) in [6.45, 7) is 0.632. The molecular weight excluding hydrogens is 204 g/mol. The Labute approximate surface area is 95.9 Å². The second-order valence-electron chi connectivity index (χ2n) is 4.02. The Morgan fingerprint density at radius 1 is 1.44 bits per heavy atom. The third kappa shape index (κ3) is 2.93. The van der Waals surface area contributed by atoms with E-state index in [1.165, 1.54) is 12.8 Å². The second-order valence-corrected chi connectivity index (χ2v) is 4.02. The average molecular weight is 222 g/mol. The van der Waals surface area contributed by atoms with E-state index in [4.69, 9.17) is 9.57 Å². The van der Waals surface area contributed by atoms with Gasteiger partial charge in [0.05, 0.1) is 19.8 Å². The number of hydrogen-bond acceptors (Lipinski definition) is 4. The molecule has 1 aromatic rings. The zero-order valence-corrected chi connectivity index (χ0v) is 9.61. The van der Waals surface area contributed by atoms with Crippen LogP contribution in [-0.2, 0) is 11.4 Å². The highest BCUT2D eigenvalue weighted by Crippen LogP contribution is 2.20. The van der Waals surface area contributed by atoms with Crippen molar-refractivity contribution in [3.63, 3.8) is 0 Å². The summed E-state index contributed by atoms with van der Waals surface area (Å²) in [5, 5.41) is 0. The zero-order chi connectivity index (χ0) is 11.2. The molecule has 1 aliphatic carbocycles. The van der Waals surface area contributed by atoms with Gasteiger partial charge in [0.25, 0.3) is 0 Å². The Hall–Kier alpha value is -1.13. The minimum Gasteiger partial charge on any atom is -0.481 e. The van der Waals surface area contributed by atoms with Crippen molar-refractivity contribution in [2.75, 3.05) is 7.11 Å². The van der Waals surface area contributed by atoms with E-state index in [0.717, 1.165) is 18.4 Å².